The van der Waals surface area contributed by atoms with Crippen molar-refractivity contribution in [3.05, 3.63) is 22.8 Å². The van der Waals surface area contributed by atoms with Crippen molar-refractivity contribution in [3.8, 4) is 0 Å². The molecule has 0 saturated heterocycles. The van der Waals surface area contributed by atoms with E-state index in [1.165, 1.54) is 11.1 Å². The van der Waals surface area contributed by atoms with Crippen LogP contribution in [-0.2, 0) is 4.79 Å². The van der Waals surface area contributed by atoms with E-state index in [1.54, 1.807) is 5.57 Å². The number of aliphatic hydroxyl groups excluding tert-OH is 1. The summed E-state index contributed by atoms with van der Waals surface area (Å²) in [5.41, 5.74) is 10.6. The Labute approximate surface area is 137 Å². The van der Waals surface area contributed by atoms with E-state index < -0.39 is 0 Å². The number of rotatable bonds is 2. The van der Waals surface area contributed by atoms with Crippen molar-refractivity contribution in [1.82, 2.24) is 0 Å². The summed E-state index contributed by atoms with van der Waals surface area (Å²) in [6, 6.07) is 0. The van der Waals surface area contributed by atoms with Crippen LogP contribution in [0, 0.1) is 11.8 Å². The molecule has 0 heterocycles. The van der Waals surface area contributed by atoms with Crippen LogP contribution in [-0.4, -0.2) is 31.9 Å². The second kappa shape index (κ2) is 5.78. The van der Waals surface area contributed by atoms with Gasteiger partial charge in [0.1, 0.15) is 0 Å². The number of carbonyl (C=O) groups is 1. The van der Waals surface area contributed by atoms with E-state index in [0.29, 0.717) is 28.0 Å². The first-order chi connectivity index (χ1) is 10.00. The number of nitrogens with two attached hydrogens (primary N) is 1. The van der Waals surface area contributed by atoms with Crippen LogP contribution in [0.15, 0.2) is 22.8 Å². The Morgan fingerprint density at radius 2 is 2.19 bits per heavy atom. The molecule has 0 aromatic heterocycles. The number of hydrogen-bond acceptors (Lipinski definition) is 3. The van der Waals surface area contributed by atoms with Crippen molar-refractivity contribution in [2.24, 2.45) is 17.6 Å². The van der Waals surface area contributed by atoms with E-state index in [9.17, 15) is 9.90 Å². The molecule has 3 unspecified atom stereocenters. The molecular weight excluding hydrogens is 377 g/mol. The van der Waals surface area contributed by atoms with Gasteiger partial charge in [-0.3, -0.25) is 0 Å². The van der Waals surface area contributed by atoms with E-state index in [4.69, 9.17) is 5.73 Å². The number of allylic oxidation sites excluding steroid dienone is 4. The van der Waals surface area contributed by atoms with Crippen LogP contribution in [0.1, 0.15) is 39.0 Å². The molecule has 3 nitrogen and oxygen atoms in total. The Balaban J connectivity index is 2.06. The molecule has 3 rings (SSSR count). The molecule has 3 aliphatic carbocycles. The Kier molecular flexibility index (Phi) is 4.32. The van der Waals surface area contributed by atoms with Crippen LogP contribution in [0.2, 0.25) is 0 Å². The first kappa shape index (κ1) is 15.7. The van der Waals surface area contributed by atoms with Gasteiger partial charge in [-0.1, -0.05) is 0 Å². The number of carbonyl (C=O) groups excluding carboxylic acids is 1. The van der Waals surface area contributed by atoms with Crippen molar-refractivity contribution in [2.75, 3.05) is 11.5 Å². The fraction of sp³-hybridized carbons (Fsp3) is 0.706. The van der Waals surface area contributed by atoms with Gasteiger partial charge >= 0.3 is 137 Å². The molecule has 0 radical (unpaired) electrons. The summed E-state index contributed by atoms with van der Waals surface area (Å²) in [5, 5.41) is 9.85. The van der Waals surface area contributed by atoms with Gasteiger partial charge in [0.05, 0.1) is 0 Å². The predicted molar refractivity (Wildman–Crippen MR) is 79.6 cm³/mol. The molecule has 4 atom stereocenters. The molecule has 21 heavy (non-hydrogen) atoms. The third-order valence-electron chi connectivity index (χ3n) is 5.47. The Morgan fingerprint density at radius 1 is 1.43 bits per heavy atom. The van der Waals surface area contributed by atoms with E-state index in [-0.39, 0.29) is 33.4 Å². The summed E-state index contributed by atoms with van der Waals surface area (Å²) in [4.78, 5) is 14.0. The molecule has 3 N–H and O–H groups in total. The van der Waals surface area contributed by atoms with Crippen LogP contribution >= 0.6 is 0 Å². The zero-order chi connectivity index (χ0) is 15.2. The van der Waals surface area contributed by atoms with Crippen LogP contribution in [0.25, 0.3) is 0 Å². The first-order valence-electron chi connectivity index (χ1n) is 7.84. The topological polar surface area (TPSA) is 63.3 Å². The van der Waals surface area contributed by atoms with Crippen molar-refractivity contribution < 1.29 is 31.1 Å². The number of alkyl halides is 2. The summed E-state index contributed by atoms with van der Waals surface area (Å²) in [5.74, 6) is 1.27. The van der Waals surface area contributed by atoms with Crippen molar-refractivity contribution >= 4 is 5.78 Å². The van der Waals surface area contributed by atoms with Gasteiger partial charge in [0.25, 0.3) is 0 Å². The predicted octanol–water partition coefficient (Wildman–Crippen LogP) is -1.20. The summed E-state index contributed by atoms with van der Waals surface area (Å²) < 4.78 is 0.471. The third-order valence-corrected chi connectivity index (χ3v) is 8.92. The molecule has 0 spiro atoms. The molecule has 0 aromatic rings. The number of halogens is 1. The third kappa shape index (κ3) is 2.53. The fourth-order valence-corrected chi connectivity index (χ4v) is 7.99. The molecule has 1 fully saturated rings. The van der Waals surface area contributed by atoms with Gasteiger partial charge in [-0.15, -0.1) is 0 Å². The average molecular weight is 402 g/mol. The molecule has 0 amide bonds. The number of aliphatic hydroxyl groups is 1. The zero-order valence-electron chi connectivity index (χ0n) is 12.9. The van der Waals surface area contributed by atoms with E-state index in [1.807, 2.05) is 6.08 Å². The maximum absolute atomic E-state index is 11.7. The second-order valence-electron chi connectivity index (χ2n) is 6.83. The summed E-state index contributed by atoms with van der Waals surface area (Å²) in [6.45, 7) is 2.37. The molecule has 118 valence electrons. The first-order valence-corrected chi connectivity index (χ1v) is 11.2. The van der Waals surface area contributed by atoms with Gasteiger partial charge in [-0.25, -0.2) is 0 Å². The minimum absolute atomic E-state index is 0.0155. The molecule has 0 aliphatic heterocycles. The van der Waals surface area contributed by atoms with Crippen LogP contribution in [0.5, 0.6) is 0 Å². The van der Waals surface area contributed by atoms with Crippen molar-refractivity contribution in [1.29, 1.82) is 0 Å². The molecule has 3 aliphatic rings. The van der Waals surface area contributed by atoms with Crippen LogP contribution in [0.3, 0.4) is 0 Å². The van der Waals surface area contributed by atoms with E-state index >= 15 is 0 Å². The second-order valence-corrected chi connectivity index (χ2v) is 9.42. The van der Waals surface area contributed by atoms with Crippen LogP contribution < -0.4 is 26.9 Å². The van der Waals surface area contributed by atoms with Gasteiger partial charge < -0.3 is 0 Å². The number of fused-ring (bicyclic) bond motifs is 2. The molecule has 4 heteroatoms. The zero-order valence-corrected chi connectivity index (χ0v) is 15.0. The maximum atomic E-state index is 11.7. The molecular formula is C17H25INO2-. The van der Waals surface area contributed by atoms with Gasteiger partial charge in [0.2, 0.25) is 0 Å². The Morgan fingerprint density at radius 3 is 2.86 bits per heavy atom. The SMILES string of the molecule is C[I-]C1C2CCC3=CC(=O)CCC3=C2[C@@H](C)CC1(N)CO. The van der Waals surface area contributed by atoms with E-state index in [0.717, 1.165) is 25.7 Å². The Bertz CT molecular complexity index is 525. The molecule has 0 aromatic carbocycles. The number of ketones is 1. The van der Waals surface area contributed by atoms with Gasteiger partial charge in [-0.2, -0.15) is 0 Å². The monoisotopic (exact) mass is 402 g/mol. The van der Waals surface area contributed by atoms with Gasteiger partial charge in [0.15, 0.2) is 0 Å². The van der Waals surface area contributed by atoms with Crippen LogP contribution in [0.4, 0.5) is 0 Å². The van der Waals surface area contributed by atoms with Gasteiger partial charge in [0, 0.05) is 0 Å². The minimum atomic E-state index is -0.387. The Hall–Kier alpha value is -0.200. The summed E-state index contributed by atoms with van der Waals surface area (Å²) in [6.07, 6.45) is 6.50. The summed E-state index contributed by atoms with van der Waals surface area (Å²) in [7, 11) is 0. The summed E-state index contributed by atoms with van der Waals surface area (Å²) >= 11 is -0.0155. The number of hydrogen-bond donors (Lipinski definition) is 2. The average Bonchev–Trinajstić information content (AvgIpc) is 2.46. The molecule has 0 bridgehead atoms. The molecule has 1 saturated carbocycles. The van der Waals surface area contributed by atoms with Gasteiger partial charge in [-0.05, 0) is 0 Å². The van der Waals surface area contributed by atoms with Crippen molar-refractivity contribution in [3.63, 3.8) is 0 Å². The van der Waals surface area contributed by atoms with E-state index in [2.05, 4.69) is 11.9 Å². The normalized spacial score (nSPS) is 39.9. The quantitative estimate of drug-likeness (QED) is 0.451. The standard InChI is InChI=1S/C17H25INO2/c1-10-8-17(19,9-20)16(18-2)14-5-3-11-7-12(21)4-6-13(11)15(10)14/h7,10,14,16,20H,3-6,8-9,19H2,1-2H3/q-1/t10-,14?,16?,17?/m0/s1. The van der Waals surface area contributed by atoms with Crippen molar-refractivity contribution in [2.45, 2.75) is 48.5 Å². The fourth-order valence-electron chi connectivity index (χ4n) is 4.69.